The third kappa shape index (κ3) is 3.17. The zero-order valence-electron chi connectivity index (χ0n) is 2.42. The van der Waals surface area contributed by atoms with Crippen LogP contribution in [0, 0.1) is 0 Å². The zero-order valence-corrected chi connectivity index (χ0v) is 2.42. The fourth-order valence-electron chi connectivity index (χ4n) is 0.0258. The Kier molecular flexibility index (Phi) is 2.65. The molecule has 0 aliphatic carbocycles. The lowest BCUT2D eigenvalue weighted by atomic mass is 10.5. The van der Waals surface area contributed by atoms with Crippen LogP contribution in [-0.4, -0.2) is 7.98 Å². The SMILES string of the molecule is [B]NN=[N+]=[N-]. The van der Waals surface area contributed by atoms with E-state index in [-0.39, 0.29) is 0 Å². The first kappa shape index (κ1) is 4.17. The fourth-order valence-corrected chi connectivity index (χ4v) is 0.0258. The molecular formula is HBN4. The molecule has 0 unspecified atom stereocenters. The summed E-state index contributed by atoms with van der Waals surface area (Å²) in [6, 6.07) is 0. The van der Waals surface area contributed by atoms with Gasteiger partial charge in [-0.15, -0.1) is 5.53 Å². The molecule has 0 rings (SSSR count). The maximum absolute atomic E-state index is 7.38. The van der Waals surface area contributed by atoms with E-state index in [1.54, 1.807) is 5.34 Å². The molecule has 2 radical (unpaired) electrons. The maximum atomic E-state index is 7.38. The topological polar surface area (TPSA) is 60.8 Å². The minimum atomic E-state index is 1.73. The molecule has 1 N–H and O–H groups in total. The van der Waals surface area contributed by atoms with Crippen molar-refractivity contribution in [3.63, 3.8) is 0 Å². The van der Waals surface area contributed by atoms with Crippen molar-refractivity contribution in [2.75, 3.05) is 0 Å². The Labute approximate surface area is 30.2 Å². The van der Waals surface area contributed by atoms with Crippen molar-refractivity contribution >= 4 is 7.98 Å². The molecule has 0 heterocycles. The largest absolute Gasteiger partial charge is 0.404 e. The molecule has 0 aromatic rings. The van der Waals surface area contributed by atoms with Crippen molar-refractivity contribution < 1.29 is 0 Å². The van der Waals surface area contributed by atoms with Crippen LogP contribution in [0.1, 0.15) is 0 Å². The Morgan fingerprint density at radius 2 is 2.60 bits per heavy atom. The third-order valence-corrected chi connectivity index (χ3v) is 0.102. The van der Waals surface area contributed by atoms with Gasteiger partial charge in [0.05, 0.1) is 0 Å². The molecule has 0 amide bonds. The van der Waals surface area contributed by atoms with E-state index in [1.807, 2.05) is 0 Å². The van der Waals surface area contributed by atoms with Gasteiger partial charge in [0.25, 0.3) is 0 Å². The van der Waals surface area contributed by atoms with E-state index in [9.17, 15) is 0 Å². The van der Waals surface area contributed by atoms with E-state index in [2.05, 4.69) is 18.1 Å². The van der Waals surface area contributed by atoms with Crippen LogP contribution in [0.15, 0.2) is 5.22 Å². The zero-order chi connectivity index (χ0) is 4.12. The van der Waals surface area contributed by atoms with E-state index in [0.29, 0.717) is 0 Å². The summed E-state index contributed by atoms with van der Waals surface area (Å²) in [5, 5.41) is 4.41. The van der Waals surface area contributed by atoms with E-state index in [0.717, 1.165) is 0 Å². The van der Waals surface area contributed by atoms with Crippen molar-refractivity contribution in [2.24, 2.45) is 5.22 Å². The molecular weight excluding hydrogens is 66.8 g/mol. The number of rotatable bonds is 1. The molecule has 5 heavy (non-hydrogen) atoms. The second kappa shape index (κ2) is 3.17. The summed E-state index contributed by atoms with van der Waals surface area (Å²) in [5.41, 5.74) is 7.38. The summed E-state index contributed by atoms with van der Waals surface area (Å²) in [7, 11) is 4.47. The first-order valence-corrected chi connectivity index (χ1v) is 0.912. The van der Waals surface area contributed by atoms with E-state index in [4.69, 9.17) is 5.53 Å². The molecule has 0 fully saturated rings. The highest BCUT2D eigenvalue weighted by Gasteiger charge is 1.48. The maximum Gasteiger partial charge on any atom is 0.404 e. The van der Waals surface area contributed by atoms with Gasteiger partial charge in [0.1, 0.15) is 0 Å². The van der Waals surface area contributed by atoms with E-state index in [1.165, 1.54) is 0 Å². The lowest BCUT2D eigenvalue weighted by molar-refractivity contribution is 1.07. The van der Waals surface area contributed by atoms with Crippen LogP contribution in [0.4, 0.5) is 0 Å². The number of hydrogen-bond acceptors (Lipinski definition) is 1. The molecule has 0 saturated carbocycles. The molecule has 0 aromatic heterocycles. The quantitative estimate of drug-likeness (QED) is 0.150. The Balaban J connectivity index is 2.93. The minimum absolute atomic E-state index is 1.73. The molecule has 0 aliphatic heterocycles. The molecule has 0 atom stereocenters. The highest BCUT2D eigenvalue weighted by molar-refractivity contribution is 6.03. The molecule has 0 bridgehead atoms. The summed E-state index contributed by atoms with van der Waals surface area (Å²) >= 11 is 0. The van der Waals surface area contributed by atoms with E-state index >= 15 is 0 Å². The lowest BCUT2D eigenvalue weighted by Gasteiger charge is -1.66. The number of hydrogen-bond donors (Lipinski definition) is 1. The monoisotopic (exact) mass is 68.0 g/mol. The fraction of sp³-hybridized carbons (Fsp3) is 0. The molecule has 4 nitrogen and oxygen atoms in total. The Bertz CT molecular complexity index is 50.7. The highest BCUT2D eigenvalue weighted by Crippen LogP contribution is 1.47. The van der Waals surface area contributed by atoms with Crippen molar-refractivity contribution in [3.8, 4) is 0 Å². The van der Waals surface area contributed by atoms with Crippen LogP contribution in [0.25, 0.3) is 10.4 Å². The van der Waals surface area contributed by atoms with Crippen molar-refractivity contribution in [1.29, 1.82) is 0 Å². The summed E-state index contributed by atoms with van der Waals surface area (Å²) in [5.74, 6) is 0. The van der Waals surface area contributed by atoms with Crippen LogP contribution in [0.2, 0.25) is 0 Å². The minimum Gasteiger partial charge on any atom is -0.328 e. The van der Waals surface area contributed by atoms with Crippen LogP contribution in [-0.2, 0) is 0 Å². The average Bonchev–Trinajstić information content (AvgIpc) is 1.41. The van der Waals surface area contributed by atoms with Crippen molar-refractivity contribution in [2.45, 2.75) is 0 Å². The summed E-state index contributed by atoms with van der Waals surface area (Å²) < 4.78 is 0. The van der Waals surface area contributed by atoms with Gasteiger partial charge in [0, 0.05) is 0 Å². The smallest absolute Gasteiger partial charge is 0.328 e. The Hall–Kier alpha value is -0.825. The Morgan fingerprint density at radius 1 is 2.00 bits per heavy atom. The van der Waals surface area contributed by atoms with Crippen LogP contribution >= 0.6 is 0 Å². The van der Waals surface area contributed by atoms with Crippen molar-refractivity contribution in [3.05, 3.63) is 10.4 Å². The van der Waals surface area contributed by atoms with Gasteiger partial charge in [-0.2, -0.15) is 4.91 Å². The second-order valence-corrected chi connectivity index (χ2v) is 0.319. The number of nitrogens with one attached hydrogen (secondary N) is 1. The van der Waals surface area contributed by atoms with Gasteiger partial charge in [-0.25, -0.2) is 0 Å². The summed E-state index contributed by atoms with van der Waals surface area (Å²) in [4.78, 5) is 2.24. The second-order valence-electron chi connectivity index (χ2n) is 0.319. The van der Waals surface area contributed by atoms with Crippen LogP contribution in [0.5, 0.6) is 0 Å². The van der Waals surface area contributed by atoms with Gasteiger partial charge in [-0.3, -0.25) is 0 Å². The first-order valence-electron chi connectivity index (χ1n) is 0.912. The van der Waals surface area contributed by atoms with Gasteiger partial charge >= 0.3 is 7.98 Å². The standard InChI is InChI=1S/BHN4/c1-3-5-4-2/h3H. The summed E-state index contributed by atoms with van der Waals surface area (Å²) in [6.07, 6.45) is 0. The predicted molar refractivity (Wildman–Crippen MR) is 18.0 cm³/mol. The molecule has 24 valence electrons. The number of nitrogens with zero attached hydrogens (tertiary/aromatic N) is 3. The number of azide groups is 1. The molecule has 0 aliphatic rings. The van der Waals surface area contributed by atoms with Gasteiger partial charge in [-0.05, 0) is 5.22 Å². The average molecular weight is 67.8 g/mol. The normalized spacial score (nSPS) is 4.80. The first-order chi connectivity index (χ1) is 2.41. The molecule has 0 saturated heterocycles. The van der Waals surface area contributed by atoms with Crippen molar-refractivity contribution in [1.82, 2.24) is 5.34 Å². The van der Waals surface area contributed by atoms with Crippen LogP contribution in [0.3, 0.4) is 0 Å². The highest BCUT2D eigenvalue weighted by atomic mass is 15.4. The third-order valence-electron chi connectivity index (χ3n) is 0.102. The van der Waals surface area contributed by atoms with Gasteiger partial charge < -0.3 is 5.34 Å². The Morgan fingerprint density at radius 3 is 2.60 bits per heavy atom. The molecule has 5 heteroatoms. The van der Waals surface area contributed by atoms with Gasteiger partial charge in [0.2, 0.25) is 0 Å². The lowest BCUT2D eigenvalue weighted by Crippen LogP contribution is -1.91. The molecule has 0 aromatic carbocycles. The predicted octanol–water partition coefficient (Wildman–Crippen LogP) is -0.115. The molecule has 0 spiro atoms. The van der Waals surface area contributed by atoms with Crippen LogP contribution < -0.4 is 5.34 Å². The van der Waals surface area contributed by atoms with E-state index < -0.39 is 0 Å². The summed E-state index contributed by atoms with van der Waals surface area (Å²) in [6.45, 7) is 0. The van der Waals surface area contributed by atoms with Gasteiger partial charge in [-0.1, -0.05) is 0 Å². The van der Waals surface area contributed by atoms with Gasteiger partial charge in [0.15, 0.2) is 0 Å².